The number of nitrogens with one attached hydrogen (secondary N) is 2. The molecule has 4 aromatic rings. The van der Waals surface area contributed by atoms with Crippen molar-refractivity contribution in [1.82, 2.24) is 10.6 Å². The topological polar surface area (TPSA) is 111 Å². The predicted octanol–water partition coefficient (Wildman–Crippen LogP) is 4.95. The van der Waals surface area contributed by atoms with Crippen LogP contribution in [0.3, 0.4) is 0 Å². The van der Waals surface area contributed by atoms with Crippen molar-refractivity contribution in [3.05, 3.63) is 100 Å². The molecule has 1 aliphatic heterocycles. The van der Waals surface area contributed by atoms with Crippen LogP contribution < -0.4 is 25.2 Å². The minimum Gasteiger partial charge on any atom is -0.496 e. The van der Waals surface area contributed by atoms with Gasteiger partial charge in [-0.3, -0.25) is 14.4 Å². The summed E-state index contributed by atoms with van der Waals surface area (Å²) in [4.78, 5) is 44.8. The van der Waals surface area contributed by atoms with Crippen LogP contribution in [0.2, 0.25) is 0 Å². The third-order valence-corrected chi connectivity index (χ3v) is 8.73. The fraction of sp³-hybridized carbons (Fsp3) is 0.265. The van der Waals surface area contributed by atoms with Crippen molar-refractivity contribution in [1.29, 1.82) is 0 Å². The number of para-hydroxylation sites is 2. The van der Waals surface area contributed by atoms with Gasteiger partial charge >= 0.3 is 0 Å². The molecule has 9 nitrogen and oxygen atoms in total. The van der Waals surface area contributed by atoms with Crippen LogP contribution in [0.25, 0.3) is 10.8 Å². The second-order valence-corrected chi connectivity index (χ2v) is 11.6. The number of nitrogens with zero attached hydrogens (tertiary/aromatic N) is 2. The maximum atomic E-state index is 14.5. The average molecular weight is 660 g/mol. The standard InChI is InChI=1S/C34H35BrN4O5/c1-20(36-3)32(41)37-28-19-39(33(42)23-14-12-22(13-15-23)21(2)40)30-11-6-5-10-29(30)38(34(28)43)18-26-24-8-7-9-27(35)25(24)16-17-31(26)44-4/h5-17,20-21,28,36,40H,18-19H2,1-4H3,(H,37,41)/t20?,21-,28-/m0/s1. The summed E-state index contributed by atoms with van der Waals surface area (Å²) < 4.78 is 6.67. The molecule has 4 aromatic carbocycles. The van der Waals surface area contributed by atoms with Crippen molar-refractivity contribution < 1.29 is 24.2 Å². The summed E-state index contributed by atoms with van der Waals surface area (Å²) in [6, 6.07) is 22.1. The molecule has 1 aliphatic rings. The number of carbonyl (C=O) groups is 3. The van der Waals surface area contributed by atoms with Crippen molar-refractivity contribution in [2.45, 2.75) is 38.6 Å². The highest BCUT2D eigenvalue weighted by molar-refractivity contribution is 9.10. The average Bonchev–Trinajstić information content (AvgIpc) is 3.15. The highest BCUT2D eigenvalue weighted by Gasteiger charge is 2.38. The Morgan fingerprint density at radius 3 is 2.34 bits per heavy atom. The Morgan fingerprint density at radius 1 is 0.977 bits per heavy atom. The Bertz CT molecular complexity index is 1710. The van der Waals surface area contributed by atoms with Gasteiger partial charge in [-0.15, -0.1) is 0 Å². The number of hydrogen-bond acceptors (Lipinski definition) is 6. The third kappa shape index (κ3) is 6.06. The number of ether oxygens (including phenoxy) is 1. The molecule has 0 saturated carbocycles. The number of aliphatic hydroxyl groups excluding tert-OH is 1. The van der Waals surface area contributed by atoms with Crippen molar-refractivity contribution in [2.24, 2.45) is 0 Å². The highest BCUT2D eigenvalue weighted by Crippen LogP contribution is 2.38. The number of rotatable bonds is 8. The van der Waals surface area contributed by atoms with E-state index in [9.17, 15) is 19.5 Å². The van der Waals surface area contributed by atoms with Gasteiger partial charge in [-0.25, -0.2) is 0 Å². The molecule has 0 fully saturated rings. The van der Waals surface area contributed by atoms with Crippen LogP contribution in [0.4, 0.5) is 11.4 Å². The second kappa shape index (κ2) is 13.2. The normalized spacial score (nSPS) is 16.2. The number of benzene rings is 4. The lowest BCUT2D eigenvalue weighted by Gasteiger charge is -2.27. The number of aliphatic hydroxyl groups is 1. The quantitative estimate of drug-likeness (QED) is 0.247. The van der Waals surface area contributed by atoms with Gasteiger partial charge in [-0.1, -0.05) is 52.3 Å². The van der Waals surface area contributed by atoms with Crippen LogP contribution in [-0.4, -0.2) is 55.6 Å². The van der Waals surface area contributed by atoms with E-state index < -0.39 is 18.2 Å². The maximum Gasteiger partial charge on any atom is 0.258 e. The van der Waals surface area contributed by atoms with E-state index in [4.69, 9.17) is 4.74 Å². The van der Waals surface area contributed by atoms with Gasteiger partial charge in [0, 0.05) is 15.6 Å². The molecule has 3 N–H and O–H groups in total. The molecule has 0 bridgehead atoms. The maximum absolute atomic E-state index is 14.5. The molecule has 3 amide bonds. The van der Waals surface area contributed by atoms with Crippen molar-refractivity contribution >= 4 is 55.8 Å². The summed E-state index contributed by atoms with van der Waals surface area (Å²) in [5.41, 5.74) is 2.92. The first-order valence-electron chi connectivity index (χ1n) is 14.4. The van der Waals surface area contributed by atoms with Crippen LogP contribution in [-0.2, 0) is 16.1 Å². The Hall–Kier alpha value is -4.25. The third-order valence-electron chi connectivity index (χ3n) is 8.03. The molecule has 1 heterocycles. The molecule has 10 heteroatoms. The lowest BCUT2D eigenvalue weighted by molar-refractivity contribution is -0.128. The van der Waals surface area contributed by atoms with Gasteiger partial charge in [-0.2, -0.15) is 0 Å². The van der Waals surface area contributed by atoms with E-state index in [2.05, 4.69) is 26.6 Å². The van der Waals surface area contributed by atoms with E-state index in [1.165, 1.54) is 4.90 Å². The summed E-state index contributed by atoms with van der Waals surface area (Å²) in [6.07, 6.45) is -0.676. The molecule has 0 aliphatic carbocycles. The minimum absolute atomic E-state index is 0.0796. The monoisotopic (exact) mass is 658 g/mol. The molecular weight excluding hydrogens is 624 g/mol. The van der Waals surface area contributed by atoms with Crippen LogP contribution in [0.1, 0.15) is 41.4 Å². The van der Waals surface area contributed by atoms with Crippen LogP contribution in [0.5, 0.6) is 5.75 Å². The van der Waals surface area contributed by atoms with E-state index >= 15 is 0 Å². The van der Waals surface area contributed by atoms with Gasteiger partial charge < -0.3 is 30.3 Å². The molecule has 3 atom stereocenters. The molecule has 44 heavy (non-hydrogen) atoms. The van der Waals surface area contributed by atoms with Gasteiger partial charge in [0.1, 0.15) is 11.8 Å². The largest absolute Gasteiger partial charge is 0.496 e. The predicted molar refractivity (Wildman–Crippen MR) is 175 cm³/mol. The molecule has 1 unspecified atom stereocenters. The number of halogens is 1. The summed E-state index contributed by atoms with van der Waals surface area (Å²) in [6.45, 7) is 3.41. The summed E-state index contributed by atoms with van der Waals surface area (Å²) in [7, 11) is 3.26. The Morgan fingerprint density at radius 2 is 1.68 bits per heavy atom. The first-order chi connectivity index (χ1) is 21.1. The minimum atomic E-state index is -1.04. The van der Waals surface area contributed by atoms with Gasteiger partial charge in [0.2, 0.25) is 5.91 Å². The molecular formula is C34H35BrN4O5. The van der Waals surface area contributed by atoms with Crippen LogP contribution >= 0.6 is 15.9 Å². The molecule has 0 radical (unpaired) electrons. The van der Waals surface area contributed by atoms with E-state index in [-0.39, 0.29) is 30.8 Å². The highest BCUT2D eigenvalue weighted by atomic mass is 79.9. The first kappa shape index (κ1) is 31.2. The first-order valence-corrected chi connectivity index (χ1v) is 15.2. The molecule has 228 valence electrons. The fourth-order valence-electron chi connectivity index (χ4n) is 5.41. The fourth-order valence-corrected chi connectivity index (χ4v) is 5.91. The van der Waals surface area contributed by atoms with E-state index in [0.717, 1.165) is 20.8 Å². The SMILES string of the molecule is CNC(C)C(=O)N[C@H]1CN(C(=O)c2ccc([C@H](C)O)cc2)c2ccccc2N(Cc2c(OC)ccc3c(Br)cccc23)C1=O. The second-order valence-electron chi connectivity index (χ2n) is 10.8. The van der Waals surface area contributed by atoms with E-state index in [1.54, 1.807) is 69.3 Å². The number of fused-ring (bicyclic) bond motifs is 2. The number of hydrogen-bond donors (Lipinski definition) is 3. The summed E-state index contributed by atoms with van der Waals surface area (Å²) >= 11 is 3.64. The zero-order chi connectivity index (χ0) is 31.5. The molecule has 5 rings (SSSR count). The van der Waals surface area contributed by atoms with Crippen molar-refractivity contribution in [3.8, 4) is 5.75 Å². The number of carbonyl (C=O) groups excluding carboxylic acids is 3. The Kier molecular flexibility index (Phi) is 9.33. The molecule has 0 spiro atoms. The summed E-state index contributed by atoms with van der Waals surface area (Å²) in [5, 5.41) is 17.6. The van der Waals surface area contributed by atoms with Crippen LogP contribution in [0, 0.1) is 0 Å². The lowest BCUT2D eigenvalue weighted by atomic mass is 10.0. The van der Waals surface area contributed by atoms with Crippen LogP contribution in [0.15, 0.2) is 83.3 Å². The molecule has 0 saturated heterocycles. The molecule has 0 aromatic heterocycles. The smallest absolute Gasteiger partial charge is 0.258 e. The van der Waals surface area contributed by atoms with Gasteiger partial charge in [-0.05, 0) is 79.7 Å². The van der Waals surface area contributed by atoms with Gasteiger partial charge in [0.05, 0.1) is 43.7 Å². The van der Waals surface area contributed by atoms with Gasteiger partial charge in [0.15, 0.2) is 0 Å². The number of methoxy groups -OCH3 is 1. The summed E-state index contributed by atoms with van der Waals surface area (Å²) in [5.74, 6) is -0.447. The zero-order valence-corrected chi connectivity index (χ0v) is 26.6. The van der Waals surface area contributed by atoms with Gasteiger partial charge in [0.25, 0.3) is 11.8 Å². The number of amides is 3. The van der Waals surface area contributed by atoms with Crippen molar-refractivity contribution in [2.75, 3.05) is 30.5 Å². The number of anilines is 2. The van der Waals surface area contributed by atoms with Crippen molar-refractivity contribution in [3.63, 3.8) is 0 Å². The lowest BCUT2D eigenvalue weighted by Crippen LogP contribution is -2.55. The Balaban J connectivity index is 1.64. The van der Waals surface area contributed by atoms with E-state index in [0.29, 0.717) is 28.3 Å². The zero-order valence-electron chi connectivity index (χ0n) is 25.0. The Labute approximate surface area is 264 Å². The number of likely N-dealkylation sites (N-methyl/N-ethyl adjacent to an activating group) is 1. The van der Waals surface area contributed by atoms with E-state index in [1.807, 2.05) is 42.5 Å².